The maximum atomic E-state index is 12.5. The lowest BCUT2D eigenvalue weighted by Crippen LogP contribution is -2.45. The quantitative estimate of drug-likeness (QED) is 0.0320. The summed E-state index contributed by atoms with van der Waals surface area (Å²) >= 11 is 0. The smallest absolute Gasteiger partial charge is 0.305 e. The second kappa shape index (κ2) is 79.3. The van der Waals surface area contributed by atoms with Gasteiger partial charge in [-0.05, 0) is 83.5 Å². The van der Waals surface area contributed by atoms with Gasteiger partial charge >= 0.3 is 5.97 Å². The Bertz CT molecular complexity index is 1500. The van der Waals surface area contributed by atoms with Gasteiger partial charge in [0, 0.05) is 12.8 Å². The summed E-state index contributed by atoms with van der Waals surface area (Å²) < 4.78 is 5.48. The SMILES string of the molecule is CCC/C=C\C/C=C\CCCCCCCC(=O)OCCCCCCCCCCCCCCCCCCCC/C=C\CCCCCCCCCCCCCCCCCCCC(=O)NC(CO)C(O)/C=C/CCCCCCCCCCCCCCCCCCCCC. The molecule has 3 N–H and O–H groups in total. The topological polar surface area (TPSA) is 95.9 Å². The van der Waals surface area contributed by atoms with E-state index in [1.807, 2.05) is 6.08 Å². The molecule has 6 heteroatoms. The van der Waals surface area contributed by atoms with Crippen LogP contribution in [0.1, 0.15) is 450 Å². The molecular weight excluding hydrogens is 1100 g/mol. The molecule has 0 aliphatic carbocycles. The zero-order valence-corrected chi connectivity index (χ0v) is 60.9. The number of carbonyl (C=O) groups excluding carboxylic acids is 2. The van der Waals surface area contributed by atoms with E-state index in [4.69, 9.17) is 4.74 Å². The minimum atomic E-state index is -0.843. The van der Waals surface area contributed by atoms with Crippen molar-refractivity contribution in [2.75, 3.05) is 13.2 Å². The molecule has 0 heterocycles. The maximum Gasteiger partial charge on any atom is 0.305 e. The van der Waals surface area contributed by atoms with Crippen molar-refractivity contribution in [3.8, 4) is 0 Å². The Kier molecular flexibility index (Phi) is 77.3. The van der Waals surface area contributed by atoms with Gasteiger partial charge in [-0.15, -0.1) is 0 Å². The highest BCUT2D eigenvalue weighted by Crippen LogP contribution is 2.20. The summed E-state index contributed by atoms with van der Waals surface area (Å²) in [6, 6.07) is -0.626. The molecule has 0 aliphatic heterocycles. The summed E-state index contributed by atoms with van der Waals surface area (Å²) in [7, 11) is 0. The van der Waals surface area contributed by atoms with E-state index in [0.29, 0.717) is 19.4 Å². The first kappa shape index (κ1) is 87.8. The molecule has 530 valence electrons. The van der Waals surface area contributed by atoms with Crippen LogP contribution in [-0.4, -0.2) is 47.4 Å². The Hall–Kier alpha value is -2.18. The van der Waals surface area contributed by atoms with E-state index in [0.717, 1.165) is 51.4 Å². The lowest BCUT2D eigenvalue weighted by Gasteiger charge is -2.20. The number of esters is 1. The summed E-state index contributed by atoms with van der Waals surface area (Å²) in [4.78, 5) is 24.6. The van der Waals surface area contributed by atoms with Crippen molar-refractivity contribution in [1.29, 1.82) is 0 Å². The maximum absolute atomic E-state index is 12.5. The Morgan fingerprint density at radius 2 is 0.578 bits per heavy atom. The van der Waals surface area contributed by atoms with E-state index >= 15 is 0 Å². The normalized spacial score (nSPS) is 12.7. The molecule has 2 atom stereocenters. The molecule has 0 aromatic rings. The van der Waals surface area contributed by atoms with Crippen molar-refractivity contribution in [3.05, 3.63) is 48.6 Å². The van der Waals surface area contributed by atoms with Crippen molar-refractivity contribution in [2.45, 2.75) is 463 Å². The number of unbranched alkanes of at least 4 members (excludes halogenated alkanes) is 60. The van der Waals surface area contributed by atoms with Crippen LogP contribution < -0.4 is 5.32 Å². The molecule has 1 amide bonds. The summed E-state index contributed by atoms with van der Waals surface area (Å²) in [5.74, 6) is -0.0520. The van der Waals surface area contributed by atoms with Crippen LogP contribution in [0, 0.1) is 0 Å². The van der Waals surface area contributed by atoms with Crippen LogP contribution in [0.15, 0.2) is 48.6 Å². The van der Waals surface area contributed by atoms with Crippen molar-refractivity contribution >= 4 is 11.9 Å². The monoisotopic (exact) mass is 1260 g/mol. The number of hydrogen-bond acceptors (Lipinski definition) is 5. The van der Waals surface area contributed by atoms with Crippen LogP contribution in [0.2, 0.25) is 0 Å². The minimum absolute atomic E-state index is 0.00721. The Morgan fingerprint density at radius 3 is 0.900 bits per heavy atom. The fraction of sp³-hybridized carbons (Fsp3) is 0.881. The van der Waals surface area contributed by atoms with Gasteiger partial charge in [0.15, 0.2) is 0 Å². The van der Waals surface area contributed by atoms with Crippen molar-refractivity contribution in [3.63, 3.8) is 0 Å². The number of carbonyl (C=O) groups is 2. The van der Waals surface area contributed by atoms with Crippen LogP contribution in [0.3, 0.4) is 0 Å². The number of aliphatic hydroxyl groups is 2. The molecule has 0 spiro atoms. The molecule has 0 aliphatic rings. The molecule has 0 aromatic carbocycles. The van der Waals surface area contributed by atoms with Gasteiger partial charge in [0.05, 0.1) is 25.4 Å². The van der Waals surface area contributed by atoms with E-state index in [2.05, 4.69) is 55.6 Å². The predicted octanol–water partition coefficient (Wildman–Crippen LogP) is 27.2. The zero-order valence-electron chi connectivity index (χ0n) is 60.9. The van der Waals surface area contributed by atoms with E-state index in [9.17, 15) is 19.8 Å². The average molecular weight is 1260 g/mol. The van der Waals surface area contributed by atoms with Crippen LogP contribution >= 0.6 is 0 Å². The Balaban J connectivity index is 3.35. The van der Waals surface area contributed by atoms with Crippen molar-refractivity contribution in [2.24, 2.45) is 0 Å². The molecule has 90 heavy (non-hydrogen) atoms. The summed E-state index contributed by atoms with van der Waals surface area (Å²) in [5.41, 5.74) is 0. The molecule has 2 unspecified atom stereocenters. The standard InChI is InChI=1S/C84H159NO5/c1-3-5-7-9-11-13-15-17-18-19-20-40-43-46-49-53-56-60-64-68-72-76-82(87)81(80-86)85-83(88)77-73-69-65-61-57-54-50-47-44-41-38-36-34-32-30-28-26-24-22-21-23-25-27-29-31-33-35-37-39-42-45-48-51-55-59-63-67-71-75-79-90-84(89)78-74-70-66-62-58-52-16-14-12-10-8-6-4-2/h8,10,14,16,21-22,72,76,81-82,86-87H,3-7,9,11-13,15,17-20,23-71,73-75,77-80H2,1-2H3,(H,85,88)/b10-8-,16-14-,22-21-,76-72+. The second-order valence-corrected chi connectivity index (χ2v) is 28.1. The lowest BCUT2D eigenvalue weighted by atomic mass is 10.0. The minimum Gasteiger partial charge on any atom is -0.466 e. The molecule has 0 radical (unpaired) electrons. The third-order valence-electron chi connectivity index (χ3n) is 19.0. The number of rotatable bonds is 77. The van der Waals surface area contributed by atoms with E-state index in [1.165, 1.54) is 372 Å². The Labute approximate surface area is 563 Å². The Morgan fingerprint density at radius 1 is 0.311 bits per heavy atom. The van der Waals surface area contributed by atoms with E-state index in [-0.39, 0.29) is 18.5 Å². The summed E-state index contributed by atoms with van der Waals surface area (Å²) in [6.07, 6.45) is 105. The zero-order chi connectivity index (χ0) is 64.9. The lowest BCUT2D eigenvalue weighted by molar-refractivity contribution is -0.143. The first-order valence-corrected chi connectivity index (χ1v) is 40.9. The highest BCUT2D eigenvalue weighted by molar-refractivity contribution is 5.76. The van der Waals surface area contributed by atoms with Crippen molar-refractivity contribution < 1.29 is 24.5 Å². The summed E-state index contributed by atoms with van der Waals surface area (Å²) in [6.45, 7) is 4.88. The third kappa shape index (κ3) is 74.9. The number of nitrogens with one attached hydrogen (secondary N) is 1. The van der Waals surface area contributed by atoms with Gasteiger partial charge in [0.25, 0.3) is 0 Å². The molecule has 0 saturated heterocycles. The first-order valence-electron chi connectivity index (χ1n) is 40.9. The highest BCUT2D eigenvalue weighted by Gasteiger charge is 2.18. The molecule has 0 saturated carbocycles. The number of amides is 1. The molecular formula is C84H159NO5. The molecule has 0 fully saturated rings. The van der Waals surface area contributed by atoms with Crippen LogP contribution in [0.25, 0.3) is 0 Å². The van der Waals surface area contributed by atoms with E-state index in [1.54, 1.807) is 6.08 Å². The number of ether oxygens (including phenoxy) is 1. The largest absolute Gasteiger partial charge is 0.466 e. The van der Waals surface area contributed by atoms with Gasteiger partial charge in [-0.25, -0.2) is 0 Å². The average Bonchev–Trinajstić information content (AvgIpc) is 3.70. The van der Waals surface area contributed by atoms with Gasteiger partial charge in [-0.2, -0.15) is 0 Å². The van der Waals surface area contributed by atoms with Crippen LogP contribution in [-0.2, 0) is 14.3 Å². The highest BCUT2D eigenvalue weighted by atomic mass is 16.5. The molecule has 6 nitrogen and oxygen atoms in total. The fourth-order valence-electron chi connectivity index (χ4n) is 12.8. The second-order valence-electron chi connectivity index (χ2n) is 28.1. The molecule has 0 aromatic heterocycles. The van der Waals surface area contributed by atoms with Gasteiger partial charge in [0.2, 0.25) is 5.91 Å². The van der Waals surface area contributed by atoms with Crippen LogP contribution in [0.5, 0.6) is 0 Å². The third-order valence-corrected chi connectivity index (χ3v) is 19.0. The van der Waals surface area contributed by atoms with Gasteiger partial charge in [0.1, 0.15) is 0 Å². The summed E-state index contributed by atoms with van der Waals surface area (Å²) in [5, 5.41) is 23.3. The van der Waals surface area contributed by atoms with Crippen LogP contribution in [0.4, 0.5) is 0 Å². The van der Waals surface area contributed by atoms with Crippen molar-refractivity contribution in [1.82, 2.24) is 5.32 Å². The number of allylic oxidation sites excluding steroid dienone is 7. The van der Waals surface area contributed by atoms with Gasteiger partial charge in [-0.3, -0.25) is 9.59 Å². The van der Waals surface area contributed by atoms with Gasteiger partial charge < -0.3 is 20.3 Å². The number of hydrogen-bond donors (Lipinski definition) is 3. The van der Waals surface area contributed by atoms with Gasteiger partial charge in [-0.1, -0.05) is 403 Å². The predicted molar refractivity (Wildman–Crippen MR) is 398 cm³/mol. The van der Waals surface area contributed by atoms with E-state index < -0.39 is 12.1 Å². The molecule has 0 rings (SSSR count). The first-order chi connectivity index (χ1) is 44.5. The fourth-order valence-corrected chi connectivity index (χ4v) is 12.8. The number of aliphatic hydroxyl groups excluding tert-OH is 2. The molecule has 0 bridgehead atoms.